The van der Waals surface area contributed by atoms with E-state index in [0.29, 0.717) is 12.3 Å². The number of aryl methyl sites for hydroxylation is 2. The van der Waals surface area contributed by atoms with E-state index in [1.165, 1.54) is 0 Å². The number of ether oxygens (including phenoxy) is 1. The third-order valence-electron chi connectivity index (χ3n) is 2.60. The largest absolute Gasteiger partial charge is 0.370 e. The van der Waals surface area contributed by atoms with Crippen LogP contribution in [-0.4, -0.2) is 28.0 Å². The van der Waals surface area contributed by atoms with Gasteiger partial charge in [0.15, 0.2) is 0 Å². The van der Waals surface area contributed by atoms with Gasteiger partial charge in [0.05, 0.1) is 0 Å². The van der Waals surface area contributed by atoms with Crippen molar-refractivity contribution in [3.8, 4) is 0 Å². The smallest absolute Gasteiger partial charge is 0.211 e. The van der Waals surface area contributed by atoms with Crippen LogP contribution in [0.1, 0.15) is 43.0 Å². The molecule has 4 heteroatoms. The summed E-state index contributed by atoms with van der Waals surface area (Å²) in [7, 11) is 1.88. The van der Waals surface area contributed by atoms with Crippen molar-refractivity contribution in [1.82, 2.24) is 9.55 Å². The van der Waals surface area contributed by atoms with E-state index in [9.17, 15) is 4.79 Å². The summed E-state index contributed by atoms with van der Waals surface area (Å²) in [4.78, 5) is 16.1. The molecule has 0 aliphatic rings. The van der Waals surface area contributed by atoms with Crippen LogP contribution in [0.3, 0.4) is 0 Å². The van der Waals surface area contributed by atoms with E-state index in [1.54, 1.807) is 13.1 Å². The Kier molecular flexibility index (Phi) is 4.68. The molecule has 1 rings (SSSR count). The maximum absolute atomic E-state index is 11.9. The Balaban J connectivity index is 2.56. The zero-order chi connectivity index (χ0) is 12.1. The molecule has 1 atom stereocenters. The molecule has 0 aliphatic carbocycles. The molecule has 90 valence electrons. The van der Waals surface area contributed by atoms with Gasteiger partial charge < -0.3 is 9.30 Å². The third kappa shape index (κ3) is 3.17. The van der Waals surface area contributed by atoms with Crippen molar-refractivity contribution < 1.29 is 9.53 Å². The highest BCUT2D eigenvalue weighted by molar-refractivity contribution is 5.97. The first-order chi connectivity index (χ1) is 7.56. The van der Waals surface area contributed by atoms with E-state index < -0.39 is 6.10 Å². The normalized spacial score (nSPS) is 12.8. The predicted octanol–water partition coefficient (Wildman–Crippen LogP) is 2.12. The first-order valence-corrected chi connectivity index (χ1v) is 5.72. The van der Waals surface area contributed by atoms with Crippen molar-refractivity contribution >= 4 is 5.78 Å². The second kappa shape index (κ2) is 5.80. The van der Waals surface area contributed by atoms with Crippen LogP contribution in [0, 0.1) is 6.92 Å². The van der Waals surface area contributed by atoms with Gasteiger partial charge in [-0.05, 0) is 20.3 Å². The monoisotopic (exact) mass is 224 g/mol. The standard InChI is InChI=1S/C12H20N2O2/c1-5-6-7-16-9(2)12(15)11-8-14(4)10(3)13-11/h8-9H,5-7H2,1-4H3. The van der Waals surface area contributed by atoms with Crippen LogP contribution in [0.2, 0.25) is 0 Å². The van der Waals surface area contributed by atoms with Crippen molar-refractivity contribution in [2.45, 2.75) is 39.7 Å². The Bertz CT molecular complexity index is 338. The molecule has 0 spiro atoms. The van der Waals surface area contributed by atoms with E-state index in [2.05, 4.69) is 11.9 Å². The van der Waals surface area contributed by atoms with Gasteiger partial charge in [0.1, 0.15) is 17.6 Å². The molecule has 0 bridgehead atoms. The first-order valence-electron chi connectivity index (χ1n) is 5.72. The lowest BCUT2D eigenvalue weighted by Crippen LogP contribution is -2.21. The van der Waals surface area contributed by atoms with Gasteiger partial charge in [0.25, 0.3) is 0 Å². The molecular weight excluding hydrogens is 204 g/mol. The van der Waals surface area contributed by atoms with Crippen molar-refractivity contribution in [1.29, 1.82) is 0 Å². The SMILES string of the molecule is CCCCOC(C)C(=O)c1cn(C)c(C)n1. The summed E-state index contributed by atoms with van der Waals surface area (Å²) in [5.74, 6) is 0.795. The second-order valence-corrected chi connectivity index (χ2v) is 4.02. The van der Waals surface area contributed by atoms with Gasteiger partial charge in [-0.25, -0.2) is 4.98 Å². The van der Waals surface area contributed by atoms with Crippen LogP contribution in [0.4, 0.5) is 0 Å². The molecule has 4 nitrogen and oxygen atoms in total. The van der Waals surface area contributed by atoms with E-state index in [1.807, 2.05) is 18.5 Å². The number of carbonyl (C=O) groups is 1. The average Bonchev–Trinajstić information content (AvgIpc) is 2.58. The molecular formula is C12H20N2O2. The molecule has 0 fully saturated rings. The van der Waals surface area contributed by atoms with Crippen LogP contribution in [-0.2, 0) is 11.8 Å². The molecule has 1 aromatic rings. The summed E-state index contributed by atoms with van der Waals surface area (Å²) in [6.45, 7) is 6.38. The minimum absolute atomic E-state index is 0.0418. The Morgan fingerprint density at radius 1 is 1.62 bits per heavy atom. The average molecular weight is 224 g/mol. The Morgan fingerprint density at radius 2 is 2.31 bits per heavy atom. The molecule has 0 radical (unpaired) electrons. The number of ketones is 1. The molecule has 0 saturated carbocycles. The van der Waals surface area contributed by atoms with Crippen LogP contribution >= 0.6 is 0 Å². The highest BCUT2D eigenvalue weighted by Gasteiger charge is 2.18. The van der Waals surface area contributed by atoms with Gasteiger partial charge in [-0.3, -0.25) is 4.79 Å². The molecule has 0 aliphatic heterocycles. The Labute approximate surface area is 96.6 Å². The summed E-state index contributed by atoms with van der Waals surface area (Å²) in [6.07, 6.45) is 3.40. The zero-order valence-electron chi connectivity index (χ0n) is 10.5. The number of hydrogen-bond donors (Lipinski definition) is 0. The fourth-order valence-electron chi connectivity index (χ4n) is 1.37. The summed E-state index contributed by atoms with van der Waals surface area (Å²) < 4.78 is 7.29. The number of nitrogens with zero attached hydrogens (tertiary/aromatic N) is 2. The minimum Gasteiger partial charge on any atom is -0.370 e. The van der Waals surface area contributed by atoms with Crippen molar-refractivity contribution in [2.75, 3.05) is 6.61 Å². The summed E-state index contributed by atoms with van der Waals surface area (Å²) >= 11 is 0. The molecule has 1 unspecified atom stereocenters. The van der Waals surface area contributed by atoms with Crippen molar-refractivity contribution in [2.24, 2.45) is 7.05 Å². The summed E-state index contributed by atoms with van der Waals surface area (Å²) in [5, 5.41) is 0. The maximum atomic E-state index is 11.9. The molecule has 0 amide bonds. The van der Waals surface area contributed by atoms with Crippen molar-refractivity contribution in [3.63, 3.8) is 0 Å². The molecule has 0 saturated heterocycles. The quantitative estimate of drug-likeness (QED) is 0.549. The first kappa shape index (κ1) is 12.9. The number of aromatic nitrogens is 2. The van der Waals surface area contributed by atoms with Crippen LogP contribution in [0.25, 0.3) is 0 Å². The van der Waals surface area contributed by atoms with Gasteiger partial charge in [-0.2, -0.15) is 0 Å². The van der Waals surface area contributed by atoms with E-state index >= 15 is 0 Å². The van der Waals surface area contributed by atoms with Gasteiger partial charge in [0.2, 0.25) is 5.78 Å². The topological polar surface area (TPSA) is 44.1 Å². The van der Waals surface area contributed by atoms with Crippen LogP contribution < -0.4 is 0 Å². The highest BCUT2D eigenvalue weighted by atomic mass is 16.5. The van der Waals surface area contributed by atoms with E-state index in [4.69, 9.17) is 4.74 Å². The van der Waals surface area contributed by atoms with Gasteiger partial charge in [-0.15, -0.1) is 0 Å². The molecule has 0 aromatic carbocycles. The lowest BCUT2D eigenvalue weighted by Gasteiger charge is -2.09. The van der Waals surface area contributed by atoms with E-state index in [-0.39, 0.29) is 5.78 Å². The highest BCUT2D eigenvalue weighted by Crippen LogP contribution is 2.06. The maximum Gasteiger partial charge on any atom is 0.211 e. The fraction of sp³-hybridized carbons (Fsp3) is 0.667. The second-order valence-electron chi connectivity index (χ2n) is 4.02. The van der Waals surface area contributed by atoms with Gasteiger partial charge in [-0.1, -0.05) is 13.3 Å². The van der Waals surface area contributed by atoms with Gasteiger partial charge in [0, 0.05) is 19.9 Å². The molecule has 1 heterocycles. The fourth-order valence-corrected chi connectivity index (χ4v) is 1.37. The molecule has 1 aromatic heterocycles. The number of rotatable bonds is 6. The molecule has 0 N–H and O–H groups in total. The van der Waals surface area contributed by atoms with Crippen LogP contribution in [0.15, 0.2) is 6.20 Å². The lowest BCUT2D eigenvalue weighted by atomic mass is 10.2. The summed E-state index contributed by atoms with van der Waals surface area (Å²) in [6, 6.07) is 0. The third-order valence-corrected chi connectivity index (χ3v) is 2.60. The number of Topliss-reactive ketones (excluding diaryl/α,β-unsaturated/α-hetero) is 1. The predicted molar refractivity (Wildman–Crippen MR) is 62.6 cm³/mol. The number of imidazole rings is 1. The zero-order valence-corrected chi connectivity index (χ0v) is 10.5. The van der Waals surface area contributed by atoms with Crippen molar-refractivity contribution in [3.05, 3.63) is 17.7 Å². The van der Waals surface area contributed by atoms with Gasteiger partial charge >= 0.3 is 0 Å². The Morgan fingerprint density at radius 3 is 2.81 bits per heavy atom. The van der Waals surface area contributed by atoms with E-state index in [0.717, 1.165) is 18.7 Å². The summed E-state index contributed by atoms with van der Waals surface area (Å²) in [5.41, 5.74) is 0.490. The number of hydrogen-bond acceptors (Lipinski definition) is 3. The van der Waals surface area contributed by atoms with Crippen LogP contribution in [0.5, 0.6) is 0 Å². The number of carbonyl (C=O) groups excluding carboxylic acids is 1. The lowest BCUT2D eigenvalue weighted by molar-refractivity contribution is 0.0463. The molecule has 16 heavy (non-hydrogen) atoms. The number of unbranched alkanes of at least 4 members (excludes halogenated alkanes) is 1. The minimum atomic E-state index is -0.402. The Hall–Kier alpha value is -1.16.